The molecule has 1 aliphatic heterocycles. The second-order valence-corrected chi connectivity index (χ2v) is 5.84. The van der Waals surface area contributed by atoms with Gasteiger partial charge in [-0.2, -0.15) is 0 Å². The van der Waals surface area contributed by atoms with Crippen LogP contribution in [0.15, 0.2) is 0 Å². The predicted molar refractivity (Wildman–Crippen MR) is 70.8 cm³/mol. The van der Waals surface area contributed by atoms with Gasteiger partial charge < -0.3 is 14.7 Å². The SMILES string of the molecule is COCCCN1CC(C(=O)O)CN(C)CC1(C)C. The molecule has 0 radical (unpaired) electrons. The molecule has 0 aromatic heterocycles. The summed E-state index contributed by atoms with van der Waals surface area (Å²) in [5, 5.41) is 9.26. The maximum absolute atomic E-state index is 11.3. The lowest BCUT2D eigenvalue weighted by Gasteiger charge is -2.38. The van der Waals surface area contributed by atoms with Crippen LogP contribution in [-0.2, 0) is 9.53 Å². The number of rotatable bonds is 5. The Morgan fingerprint density at radius 3 is 2.67 bits per heavy atom. The molecule has 0 aromatic carbocycles. The number of carbonyl (C=O) groups is 1. The molecular weight excluding hydrogens is 232 g/mol. The summed E-state index contributed by atoms with van der Waals surface area (Å²) in [5.74, 6) is -1.00. The van der Waals surface area contributed by atoms with Crippen LogP contribution >= 0.6 is 0 Å². The first-order valence-corrected chi connectivity index (χ1v) is 6.52. The van der Waals surface area contributed by atoms with Crippen molar-refractivity contribution in [3.63, 3.8) is 0 Å². The second-order valence-electron chi connectivity index (χ2n) is 5.84. The monoisotopic (exact) mass is 258 g/mol. The van der Waals surface area contributed by atoms with Crippen LogP contribution in [0.5, 0.6) is 0 Å². The first-order chi connectivity index (χ1) is 8.36. The van der Waals surface area contributed by atoms with Crippen molar-refractivity contribution in [3.8, 4) is 0 Å². The van der Waals surface area contributed by atoms with E-state index in [9.17, 15) is 9.90 Å². The summed E-state index contributed by atoms with van der Waals surface area (Å²) in [6.45, 7) is 8.11. The minimum absolute atomic E-state index is 0.00664. The molecule has 0 amide bonds. The van der Waals surface area contributed by atoms with Crippen molar-refractivity contribution in [1.82, 2.24) is 9.80 Å². The molecule has 5 nitrogen and oxygen atoms in total. The number of carboxylic acids is 1. The first kappa shape index (κ1) is 15.4. The number of carboxylic acid groups (broad SMARTS) is 1. The highest BCUT2D eigenvalue weighted by Crippen LogP contribution is 2.22. The Balaban J connectivity index is 2.71. The third-order valence-corrected chi connectivity index (χ3v) is 3.61. The first-order valence-electron chi connectivity index (χ1n) is 6.52. The van der Waals surface area contributed by atoms with E-state index in [-0.39, 0.29) is 11.5 Å². The van der Waals surface area contributed by atoms with E-state index in [1.165, 1.54) is 0 Å². The Hall–Kier alpha value is -0.650. The highest BCUT2D eigenvalue weighted by Gasteiger charge is 2.36. The molecule has 1 unspecified atom stereocenters. The van der Waals surface area contributed by atoms with Crippen molar-refractivity contribution in [2.24, 2.45) is 5.92 Å². The molecule has 1 fully saturated rings. The molecule has 18 heavy (non-hydrogen) atoms. The van der Waals surface area contributed by atoms with Gasteiger partial charge in [0.1, 0.15) is 0 Å². The summed E-state index contributed by atoms with van der Waals surface area (Å²) in [6, 6.07) is 0. The minimum atomic E-state index is -0.698. The van der Waals surface area contributed by atoms with Crippen molar-refractivity contribution in [2.75, 3.05) is 46.9 Å². The zero-order valence-electron chi connectivity index (χ0n) is 12.0. The van der Waals surface area contributed by atoms with Gasteiger partial charge in [0.2, 0.25) is 0 Å². The van der Waals surface area contributed by atoms with Gasteiger partial charge in [0.05, 0.1) is 5.92 Å². The molecule has 1 atom stereocenters. The normalized spacial score (nSPS) is 25.9. The van der Waals surface area contributed by atoms with Crippen molar-refractivity contribution in [1.29, 1.82) is 0 Å². The van der Waals surface area contributed by atoms with Gasteiger partial charge in [-0.3, -0.25) is 9.69 Å². The van der Waals surface area contributed by atoms with Crippen molar-refractivity contribution < 1.29 is 14.6 Å². The van der Waals surface area contributed by atoms with Crippen molar-refractivity contribution in [2.45, 2.75) is 25.8 Å². The quantitative estimate of drug-likeness (QED) is 0.738. The fourth-order valence-electron chi connectivity index (χ4n) is 2.72. The number of likely N-dealkylation sites (N-methyl/N-ethyl adjacent to an activating group) is 1. The Morgan fingerprint density at radius 2 is 2.11 bits per heavy atom. The van der Waals surface area contributed by atoms with E-state index >= 15 is 0 Å². The zero-order valence-corrected chi connectivity index (χ0v) is 12.0. The summed E-state index contributed by atoms with van der Waals surface area (Å²) in [6.07, 6.45) is 0.940. The number of nitrogens with zero attached hydrogens (tertiary/aromatic N) is 2. The van der Waals surface area contributed by atoms with Crippen LogP contribution in [0.25, 0.3) is 0 Å². The van der Waals surface area contributed by atoms with E-state index in [0.29, 0.717) is 13.1 Å². The van der Waals surface area contributed by atoms with E-state index in [1.807, 2.05) is 7.05 Å². The Labute approximate surface area is 110 Å². The number of hydrogen-bond donors (Lipinski definition) is 1. The van der Waals surface area contributed by atoms with E-state index in [2.05, 4.69) is 23.6 Å². The molecule has 1 saturated heterocycles. The van der Waals surface area contributed by atoms with Crippen LogP contribution in [-0.4, -0.2) is 73.4 Å². The molecule has 0 bridgehead atoms. The van der Waals surface area contributed by atoms with Crippen LogP contribution in [0.3, 0.4) is 0 Å². The molecule has 0 aromatic rings. The van der Waals surface area contributed by atoms with Crippen LogP contribution < -0.4 is 0 Å². The predicted octanol–water partition coefficient (Wildman–Crippen LogP) is 0.750. The topological polar surface area (TPSA) is 53.0 Å². The highest BCUT2D eigenvalue weighted by molar-refractivity contribution is 5.70. The minimum Gasteiger partial charge on any atom is -0.481 e. The molecule has 106 valence electrons. The number of hydrogen-bond acceptors (Lipinski definition) is 4. The molecule has 1 aliphatic rings. The van der Waals surface area contributed by atoms with Crippen LogP contribution in [0.4, 0.5) is 0 Å². The van der Waals surface area contributed by atoms with Gasteiger partial charge in [0.15, 0.2) is 0 Å². The summed E-state index contributed by atoms with van der Waals surface area (Å²) in [7, 11) is 3.69. The van der Waals surface area contributed by atoms with Gasteiger partial charge in [0, 0.05) is 45.4 Å². The molecule has 5 heteroatoms. The third-order valence-electron chi connectivity index (χ3n) is 3.61. The summed E-state index contributed by atoms with van der Waals surface area (Å²) in [4.78, 5) is 15.7. The molecule has 0 aliphatic carbocycles. The lowest BCUT2D eigenvalue weighted by Crippen LogP contribution is -2.49. The van der Waals surface area contributed by atoms with Gasteiger partial charge in [-0.05, 0) is 27.3 Å². The van der Waals surface area contributed by atoms with E-state index < -0.39 is 5.97 Å². The third kappa shape index (κ3) is 4.23. The lowest BCUT2D eigenvalue weighted by atomic mass is 10.0. The average molecular weight is 258 g/mol. The smallest absolute Gasteiger partial charge is 0.309 e. The lowest BCUT2D eigenvalue weighted by molar-refractivity contribution is -0.142. The average Bonchev–Trinajstić information content (AvgIpc) is 2.35. The van der Waals surface area contributed by atoms with Gasteiger partial charge in [-0.1, -0.05) is 0 Å². The van der Waals surface area contributed by atoms with E-state index in [4.69, 9.17) is 4.74 Å². The van der Waals surface area contributed by atoms with Gasteiger partial charge in [-0.15, -0.1) is 0 Å². The highest BCUT2D eigenvalue weighted by atomic mass is 16.5. The van der Waals surface area contributed by atoms with Gasteiger partial charge in [0.25, 0.3) is 0 Å². The Kier molecular flexibility index (Phi) is 5.56. The van der Waals surface area contributed by atoms with Crippen molar-refractivity contribution >= 4 is 5.97 Å². The van der Waals surface area contributed by atoms with Gasteiger partial charge in [-0.25, -0.2) is 0 Å². The van der Waals surface area contributed by atoms with E-state index in [0.717, 1.165) is 26.1 Å². The number of methoxy groups -OCH3 is 1. The molecule has 1 rings (SSSR count). The molecule has 0 spiro atoms. The van der Waals surface area contributed by atoms with Crippen molar-refractivity contribution in [3.05, 3.63) is 0 Å². The Morgan fingerprint density at radius 1 is 1.44 bits per heavy atom. The number of ether oxygens (including phenoxy) is 1. The molecule has 0 saturated carbocycles. The largest absolute Gasteiger partial charge is 0.481 e. The summed E-state index contributed by atoms with van der Waals surface area (Å²) < 4.78 is 5.07. The fraction of sp³-hybridized carbons (Fsp3) is 0.923. The fourth-order valence-corrected chi connectivity index (χ4v) is 2.72. The van der Waals surface area contributed by atoms with Crippen LogP contribution in [0.1, 0.15) is 20.3 Å². The molecular formula is C13H26N2O3. The summed E-state index contributed by atoms with van der Waals surface area (Å²) >= 11 is 0. The zero-order chi connectivity index (χ0) is 13.8. The van der Waals surface area contributed by atoms with Gasteiger partial charge >= 0.3 is 5.97 Å². The van der Waals surface area contributed by atoms with E-state index in [1.54, 1.807) is 7.11 Å². The number of aliphatic carboxylic acids is 1. The standard InChI is InChI=1S/C13H26N2O3/c1-13(2)10-14(3)8-11(12(16)17)9-15(13)6-5-7-18-4/h11H,5-10H2,1-4H3,(H,16,17). The summed E-state index contributed by atoms with van der Waals surface area (Å²) in [5.41, 5.74) is 0.00664. The van der Waals surface area contributed by atoms with Crippen LogP contribution in [0, 0.1) is 5.92 Å². The van der Waals surface area contributed by atoms with Crippen LogP contribution in [0.2, 0.25) is 0 Å². The molecule has 1 heterocycles. The second kappa shape index (κ2) is 6.50. The Bertz CT molecular complexity index is 281. The maximum atomic E-state index is 11.3. The molecule has 1 N–H and O–H groups in total. The maximum Gasteiger partial charge on any atom is 0.309 e.